The number of aromatic nitrogens is 2. The molecule has 490 valence electrons. The van der Waals surface area contributed by atoms with E-state index in [1.807, 2.05) is 0 Å². The zero-order valence-corrected chi connectivity index (χ0v) is 49.0. The maximum Gasteiger partial charge on any atom is 0.416 e. The third-order valence-corrected chi connectivity index (χ3v) is 14.7. The highest BCUT2D eigenvalue weighted by atomic mass is 35.5. The van der Waals surface area contributed by atoms with Crippen molar-refractivity contribution in [2.24, 2.45) is 0 Å². The summed E-state index contributed by atoms with van der Waals surface area (Å²) in [5.41, 5.74) is -5.70. The molecular weight excluding hydrogens is 1310 g/mol. The lowest BCUT2D eigenvalue weighted by Gasteiger charge is -2.31. The van der Waals surface area contributed by atoms with E-state index in [4.69, 9.17) is 66.1 Å². The predicted molar refractivity (Wildman–Crippen MR) is 296 cm³/mol. The molecule has 0 spiro atoms. The summed E-state index contributed by atoms with van der Waals surface area (Å²) in [7, 11) is 0. The molecule has 35 heteroatoms. The first-order chi connectivity index (χ1) is 45.6. The molecule has 2 aromatic heterocycles. The number of likely N-dealkylation sites (N-methyl/N-ethyl adjacent to an activating group) is 3. The summed E-state index contributed by atoms with van der Waals surface area (Å²) in [6, 6.07) is -1.01. The molecule has 0 radical (unpaired) electrons. The lowest BCUT2D eigenvalue weighted by atomic mass is 10.1. The average Bonchev–Trinajstić information content (AvgIpc) is 1.56. The zero-order chi connectivity index (χ0) is 75.5. The van der Waals surface area contributed by atoms with Gasteiger partial charge in [0, 0.05) is 62.9 Å². The first kappa shape index (κ1) is 57.5. The number of fused-ring (bicyclic) bond motifs is 2. The van der Waals surface area contributed by atoms with Crippen LogP contribution in [0.25, 0.3) is 0 Å². The summed E-state index contributed by atoms with van der Waals surface area (Å²) in [4.78, 5) is 86.6. The van der Waals surface area contributed by atoms with E-state index in [1.165, 1.54) is 34.6 Å². The van der Waals surface area contributed by atoms with Crippen LogP contribution in [0.3, 0.4) is 0 Å². The molecule has 6 amide bonds. The first-order valence-corrected chi connectivity index (χ1v) is 26.8. The number of rotatable bonds is 8. The Morgan fingerprint density at radius 2 is 0.923 bits per heavy atom. The molecule has 91 heavy (non-hydrogen) atoms. The topological polar surface area (TPSA) is 234 Å². The van der Waals surface area contributed by atoms with E-state index in [-0.39, 0.29) is 43.1 Å². The van der Waals surface area contributed by atoms with E-state index in [0.29, 0.717) is 53.4 Å². The Morgan fingerprint density at radius 1 is 0.549 bits per heavy atom. The maximum atomic E-state index is 14.8. The van der Waals surface area contributed by atoms with Crippen molar-refractivity contribution < 1.29 is 123 Å². The van der Waals surface area contributed by atoms with Gasteiger partial charge < -0.3 is 49.2 Å². The monoisotopic (exact) mass is 1370 g/mol. The summed E-state index contributed by atoms with van der Waals surface area (Å²) in [6.07, 6.45) is -19.8. The fourth-order valence-corrected chi connectivity index (χ4v) is 10.3. The second kappa shape index (κ2) is 25.2. The second-order valence-corrected chi connectivity index (χ2v) is 22.4. The van der Waals surface area contributed by atoms with E-state index in [1.54, 1.807) is 0 Å². The molecular formula is C56H49Cl3F12N8O12. The van der Waals surface area contributed by atoms with Crippen LogP contribution in [0.1, 0.15) is 62.5 Å². The maximum absolute atomic E-state index is 14.8. The quantitative estimate of drug-likeness (QED) is 0.0980. The van der Waals surface area contributed by atoms with E-state index < -0.39 is 225 Å². The lowest BCUT2D eigenvalue weighted by molar-refractivity contribution is -0.164. The predicted octanol–water partition coefficient (Wildman–Crippen LogP) is 8.28. The Labute approximate surface area is 534 Å². The highest BCUT2D eigenvalue weighted by Gasteiger charge is 2.62. The molecule has 5 fully saturated rings. The number of nitrogens with one attached hydrogen (secondary N) is 1. The first-order valence-electron chi connectivity index (χ1n) is 30.2. The summed E-state index contributed by atoms with van der Waals surface area (Å²) in [6.45, 7) is -1.86. The number of alkyl halides is 6. The molecule has 0 unspecified atom stereocenters. The van der Waals surface area contributed by atoms with Crippen molar-refractivity contribution in [3.8, 4) is 0 Å². The normalized spacial score (nSPS) is 25.7. The fourth-order valence-electron chi connectivity index (χ4n) is 9.84. The van der Waals surface area contributed by atoms with Crippen LogP contribution in [-0.4, -0.2) is 143 Å². The summed E-state index contributed by atoms with van der Waals surface area (Å²) < 4.78 is 256. The third-order valence-electron chi connectivity index (χ3n) is 13.8. The number of hydrogen-bond donors (Lipinski definition) is 3. The molecule has 0 saturated carbocycles. The number of aliphatic hydroxyl groups excluding tert-OH is 2. The molecule has 9 atom stereocenters. The Bertz CT molecular complexity index is 4150. The van der Waals surface area contributed by atoms with Crippen molar-refractivity contribution in [2.75, 3.05) is 45.4 Å². The number of amides is 6. The van der Waals surface area contributed by atoms with E-state index in [2.05, 4.69) is 15.3 Å². The number of carbonyl (C=O) groups excluding carboxylic acids is 6. The van der Waals surface area contributed by atoms with Gasteiger partial charge in [-0.2, -0.15) is 26.3 Å². The van der Waals surface area contributed by atoms with E-state index in [0.717, 1.165) is 6.92 Å². The number of aliphatic hydroxyl groups is 2. The highest BCUT2D eigenvalue weighted by Crippen LogP contribution is 2.43. The SMILES string of the molecule is [2H]C([2H])([2H])N(C(=O)[C@@H]1[C@@H]2OC(C)(C)O[C@@H]2C(=O)N1c1cc(C(F)(F)F)cc(C)n1)c1cc(Cl)c(F)cc1F.[2H]C([2H])([2H])N(C(=O)[C@@H]1[C@H](O)[C@H](O)C(=O)N1c1cc(C(F)(F)F)cc(C)n1)c1cc(Cl)c(F)cc1F.[2H]C([2H])([2H])N(C(=O)[C@H]1NC(=O)[C@H]2OC(C)(C)O[C@@H]12)c1cc(Cl)c(F)cc1F. The number of ether oxygens (including phenoxy) is 4. The number of nitrogens with zero attached hydrogens (tertiary/aromatic N) is 7. The lowest BCUT2D eigenvalue weighted by Crippen LogP contribution is -2.51. The van der Waals surface area contributed by atoms with Crippen LogP contribution in [0.2, 0.25) is 15.1 Å². The molecule has 3 aromatic carbocycles. The van der Waals surface area contributed by atoms with Crippen molar-refractivity contribution in [2.45, 2.75) is 120 Å². The minimum Gasteiger partial charge on any atom is -0.387 e. The van der Waals surface area contributed by atoms with Crippen LogP contribution in [-0.2, 0) is 60.1 Å². The van der Waals surface area contributed by atoms with Gasteiger partial charge in [-0.3, -0.25) is 38.6 Å². The number of anilines is 5. The van der Waals surface area contributed by atoms with Crippen LogP contribution in [0.4, 0.5) is 81.4 Å². The van der Waals surface area contributed by atoms with Crippen LogP contribution < -0.4 is 29.8 Å². The summed E-state index contributed by atoms with van der Waals surface area (Å²) >= 11 is 16.9. The van der Waals surface area contributed by atoms with E-state index >= 15 is 0 Å². The zero-order valence-electron chi connectivity index (χ0n) is 55.7. The number of carbonyl (C=O) groups is 6. The molecule has 5 aliphatic heterocycles. The highest BCUT2D eigenvalue weighted by molar-refractivity contribution is 6.32. The van der Waals surface area contributed by atoms with E-state index in [9.17, 15) is 91.7 Å². The Balaban J connectivity index is 0.000000194. The minimum atomic E-state index is -4.92. The van der Waals surface area contributed by atoms with Gasteiger partial charge in [0.25, 0.3) is 35.4 Å². The number of pyridine rings is 2. The van der Waals surface area contributed by atoms with Crippen molar-refractivity contribution in [1.82, 2.24) is 15.3 Å². The Kier molecular flexibility index (Phi) is 15.9. The molecule has 10 rings (SSSR count). The van der Waals surface area contributed by atoms with Gasteiger partial charge in [0.05, 0.1) is 43.3 Å². The largest absolute Gasteiger partial charge is 0.416 e. The Morgan fingerprint density at radius 3 is 1.33 bits per heavy atom. The molecule has 5 aromatic rings. The minimum absolute atomic E-state index is 0.0316. The summed E-state index contributed by atoms with van der Waals surface area (Å²) in [5, 5.41) is 20.7. The number of benzene rings is 3. The van der Waals surface area contributed by atoms with Gasteiger partial charge in [0.2, 0.25) is 0 Å². The van der Waals surface area contributed by atoms with Crippen molar-refractivity contribution in [1.29, 1.82) is 0 Å². The number of hydrogen-bond acceptors (Lipinski definition) is 14. The van der Waals surface area contributed by atoms with Crippen LogP contribution in [0, 0.1) is 48.8 Å². The Hall–Kier alpha value is -7.43. The molecule has 7 heterocycles. The van der Waals surface area contributed by atoms with Gasteiger partial charge in [-0.15, -0.1) is 0 Å². The standard InChI is InChI=1S/C22H19ClF5N3O4.C19H15ClF5N3O4.C15H15ClF2N2O4/c1-9-5-10(22(26,27)28)6-15(29-9)31-16(17-18(20(31)33)35-21(2,3)34-17)19(32)30(4)14-7-11(23)12(24)8-13(14)25;1-7-3-8(19(23,24)25)4-13(26-7)28-14(15(29)16(30)18(28)32)17(31)27(2)12-5-9(20)10(21)6-11(12)22;1-15(2)23-11-10(19-13(21)12(11)24-15)14(22)20(3)9-4-6(16)7(17)5-8(9)18/h5-8,16-18H,1-4H3;3-6,14-16,29-30H,1-2H3;4-5,10-12H,1-3H3,(H,19,21)/t16-,17-,18-;14-,15-,16-;10-,11-,12-/m000/s1/i4D3;2D3;3D3. The molecule has 3 N–H and O–H groups in total. The molecule has 0 bridgehead atoms. The van der Waals surface area contributed by atoms with Gasteiger partial charge in [-0.1, -0.05) is 34.8 Å². The molecule has 20 nitrogen and oxygen atoms in total. The van der Waals surface area contributed by atoms with Gasteiger partial charge in [0.15, 0.2) is 29.9 Å². The average molecular weight is 1370 g/mol. The van der Waals surface area contributed by atoms with Crippen molar-refractivity contribution >= 4 is 98.9 Å². The van der Waals surface area contributed by atoms with Crippen molar-refractivity contribution in [3.63, 3.8) is 0 Å². The van der Waals surface area contributed by atoms with Gasteiger partial charge in [0.1, 0.15) is 83.0 Å². The summed E-state index contributed by atoms with van der Waals surface area (Å²) in [5.74, 6) is -19.6. The van der Waals surface area contributed by atoms with Crippen LogP contribution in [0.15, 0.2) is 60.7 Å². The number of halogens is 15. The smallest absolute Gasteiger partial charge is 0.387 e. The third kappa shape index (κ3) is 13.9. The molecule has 5 saturated heterocycles. The van der Waals surface area contributed by atoms with Gasteiger partial charge in [-0.25, -0.2) is 36.3 Å². The molecule has 0 aliphatic carbocycles. The van der Waals surface area contributed by atoms with Crippen LogP contribution in [0.5, 0.6) is 0 Å². The molecule has 5 aliphatic rings. The van der Waals surface area contributed by atoms with Crippen molar-refractivity contribution in [3.05, 3.63) is 133 Å². The van der Waals surface area contributed by atoms with Crippen LogP contribution >= 0.6 is 34.8 Å². The fraction of sp³-hybridized carbons (Fsp3) is 0.393. The van der Waals surface area contributed by atoms with Gasteiger partial charge in [-0.05, 0) is 84.0 Å². The number of aryl methyl sites for hydroxylation is 2. The van der Waals surface area contributed by atoms with Gasteiger partial charge >= 0.3 is 12.4 Å². The second-order valence-electron chi connectivity index (χ2n) is 21.1.